The Morgan fingerprint density at radius 3 is 2.50 bits per heavy atom. The Morgan fingerprint density at radius 2 is 1.93 bits per heavy atom. The van der Waals surface area contributed by atoms with Gasteiger partial charge in [-0.05, 0) is 19.8 Å². The van der Waals surface area contributed by atoms with Crippen LogP contribution in [0.4, 0.5) is 10.3 Å². The van der Waals surface area contributed by atoms with E-state index in [9.17, 15) is 4.39 Å². The van der Waals surface area contributed by atoms with Crippen LogP contribution in [0.2, 0.25) is 5.15 Å². The summed E-state index contributed by atoms with van der Waals surface area (Å²) in [5.74, 6) is 0.0287. The zero-order valence-electron chi connectivity index (χ0n) is 7.93. The first-order valence-electron chi connectivity index (χ1n) is 4.63. The van der Waals surface area contributed by atoms with Gasteiger partial charge in [-0.1, -0.05) is 11.6 Å². The van der Waals surface area contributed by atoms with Gasteiger partial charge in [-0.2, -0.15) is 4.98 Å². The molecular formula is C9H11ClFN3. The average Bonchev–Trinajstić information content (AvgIpc) is 2.66. The van der Waals surface area contributed by atoms with E-state index in [1.54, 1.807) is 6.92 Å². The summed E-state index contributed by atoms with van der Waals surface area (Å²) in [5, 5.41) is -0.0839. The summed E-state index contributed by atoms with van der Waals surface area (Å²) in [5.41, 5.74) is 0.312. The largest absolute Gasteiger partial charge is 0.341 e. The lowest BCUT2D eigenvalue weighted by molar-refractivity contribution is 0.601. The second kappa shape index (κ2) is 3.69. The lowest BCUT2D eigenvalue weighted by Gasteiger charge is -2.15. The van der Waals surface area contributed by atoms with E-state index in [-0.39, 0.29) is 5.15 Å². The van der Waals surface area contributed by atoms with Gasteiger partial charge in [0.15, 0.2) is 11.0 Å². The fraction of sp³-hybridized carbons (Fsp3) is 0.556. The number of nitrogens with zero attached hydrogens (tertiary/aromatic N) is 3. The number of halogens is 2. The molecular weight excluding hydrogens is 205 g/mol. The first-order chi connectivity index (χ1) is 6.68. The van der Waals surface area contributed by atoms with Gasteiger partial charge < -0.3 is 4.90 Å². The van der Waals surface area contributed by atoms with Gasteiger partial charge in [0.1, 0.15) is 0 Å². The van der Waals surface area contributed by atoms with Gasteiger partial charge in [0.05, 0.1) is 5.69 Å². The highest BCUT2D eigenvalue weighted by Crippen LogP contribution is 2.21. The van der Waals surface area contributed by atoms with Crippen LogP contribution in [0.3, 0.4) is 0 Å². The molecule has 1 fully saturated rings. The van der Waals surface area contributed by atoms with E-state index in [0.717, 1.165) is 25.9 Å². The van der Waals surface area contributed by atoms with Crippen LogP contribution in [0.5, 0.6) is 0 Å². The number of rotatable bonds is 1. The van der Waals surface area contributed by atoms with Gasteiger partial charge in [-0.15, -0.1) is 0 Å². The molecule has 5 heteroatoms. The number of aromatic nitrogens is 2. The van der Waals surface area contributed by atoms with Crippen molar-refractivity contribution in [2.75, 3.05) is 18.0 Å². The molecule has 1 aliphatic heterocycles. The molecule has 0 N–H and O–H groups in total. The number of aryl methyl sites for hydroxylation is 1. The van der Waals surface area contributed by atoms with Gasteiger partial charge in [0, 0.05) is 13.1 Å². The summed E-state index contributed by atoms with van der Waals surface area (Å²) < 4.78 is 13.1. The van der Waals surface area contributed by atoms with E-state index >= 15 is 0 Å². The van der Waals surface area contributed by atoms with Gasteiger partial charge in [0.25, 0.3) is 0 Å². The molecule has 0 bridgehead atoms. The van der Waals surface area contributed by atoms with Crippen LogP contribution in [-0.4, -0.2) is 23.1 Å². The number of hydrogen-bond acceptors (Lipinski definition) is 3. The smallest absolute Gasteiger partial charge is 0.227 e. The van der Waals surface area contributed by atoms with Crippen molar-refractivity contribution in [3.8, 4) is 0 Å². The van der Waals surface area contributed by atoms with Gasteiger partial charge in [0.2, 0.25) is 5.95 Å². The molecule has 14 heavy (non-hydrogen) atoms. The molecule has 3 nitrogen and oxygen atoms in total. The van der Waals surface area contributed by atoms with Crippen molar-refractivity contribution in [2.24, 2.45) is 0 Å². The topological polar surface area (TPSA) is 29.0 Å². The van der Waals surface area contributed by atoms with E-state index in [0.29, 0.717) is 11.6 Å². The van der Waals surface area contributed by atoms with Crippen LogP contribution in [0.25, 0.3) is 0 Å². The maximum absolute atomic E-state index is 13.1. The Bertz CT molecular complexity index is 327. The fourth-order valence-electron chi connectivity index (χ4n) is 1.57. The third kappa shape index (κ3) is 1.66. The highest BCUT2D eigenvalue weighted by atomic mass is 35.5. The van der Waals surface area contributed by atoms with E-state index in [1.165, 1.54) is 0 Å². The molecule has 1 aliphatic rings. The first kappa shape index (κ1) is 9.65. The SMILES string of the molecule is Cc1nc(N2CCCC2)nc(Cl)c1F. The number of anilines is 1. The number of hydrogen-bond donors (Lipinski definition) is 0. The van der Waals surface area contributed by atoms with Crippen molar-refractivity contribution in [3.63, 3.8) is 0 Å². The molecule has 0 spiro atoms. The van der Waals surface area contributed by atoms with Crippen molar-refractivity contribution >= 4 is 17.5 Å². The summed E-state index contributed by atoms with van der Waals surface area (Å²) in [6.45, 7) is 3.46. The Hall–Kier alpha value is -0.900. The van der Waals surface area contributed by atoms with Crippen molar-refractivity contribution < 1.29 is 4.39 Å². The molecule has 1 aromatic rings. The van der Waals surface area contributed by atoms with Crippen LogP contribution in [0.15, 0.2) is 0 Å². The lowest BCUT2D eigenvalue weighted by atomic mass is 10.4. The molecule has 0 aliphatic carbocycles. The highest BCUT2D eigenvalue weighted by Gasteiger charge is 2.17. The average molecular weight is 216 g/mol. The van der Waals surface area contributed by atoms with Crippen LogP contribution < -0.4 is 4.90 Å². The molecule has 76 valence electrons. The predicted molar refractivity (Wildman–Crippen MR) is 53.2 cm³/mol. The van der Waals surface area contributed by atoms with E-state index in [2.05, 4.69) is 9.97 Å². The minimum absolute atomic E-state index is 0.0839. The van der Waals surface area contributed by atoms with Crippen LogP contribution in [-0.2, 0) is 0 Å². The second-order valence-corrected chi connectivity index (χ2v) is 3.77. The molecule has 0 saturated carbocycles. The zero-order valence-corrected chi connectivity index (χ0v) is 8.68. The molecule has 1 saturated heterocycles. The quantitative estimate of drug-likeness (QED) is 0.673. The third-order valence-corrected chi connectivity index (χ3v) is 2.60. The summed E-state index contributed by atoms with van der Waals surface area (Å²) in [6.07, 6.45) is 2.27. The zero-order chi connectivity index (χ0) is 10.1. The molecule has 0 atom stereocenters. The third-order valence-electron chi connectivity index (χ3n) is 2.35. The van der Waals surface area contributed by atoms with E-state index in [4.69, 9.17) is 11.6 Å². The monoisotopic (exact) mass is 215 g/mol. The Labute approximate surface area is 86.9 Å². The standard InChI is InChI=1S/C9H11ClFN3/c1-6-7(11)8(10)13-9(12-6)14-4-2-3-5-14/h2-5H2,1H3. The van der Waals surface area contributed by atoms with Gasteiger partial charge in [-0.25, -0.2) is 9.37 Å². The van der Waals surface area contributed by atoms with E-state index in [1.807, 2.05) is 4.90 Å². The van der Waals surface area contributed by atoms with E-state index < -0.39 is 5.82 Å². The van der Waals surface area contributed by atoms with Gasteiger partial charge in [-0.3, -0.25) is 0 Å². The van der Waals surface area contributed by atoms with Crippen molar-refractivity contribution in [2.45, 2.75) is 19.8 Å². The van der Waals surface area contributed by atoms with Crippen molar-refractivity contribution in [1.29, 1.82) is 0 Å². The summed E-state index contributed by atoms with van der Waals surface area (Å²) >= 11 is 5.64. The van der Waals surface area contributed by atoms with Crippen molar-refractivity contribution in [3.05, 3.63) is 16.7 Å². The minimum atomic E-state index is -0.519. The molecule has 0 aromatic carbocycles. The maximum atomic E-state index is 13.1. The normalized spacial score (nSPS) is 16.4. The predicted octanol–water partition coefficient (Wildman–Crippen LogP) is 2.18. The molecule has 0 radical (unpaired) electrons. The first-order valence-corrected chi connectivity index (χ1v) is 5.01. The highest BCUT2D eigenvalue weighted by molar-refractivity contribution is 6.29. The maximum Gasteiger partial charge on any atom is 0.227 e. The van der Waals surface area contributed by atoms with Crippen LogP contribution in [0, 0.1) is 12.7 Å². The molecule has 2 rings (SSSR count). The Balaban J connectivity index is 2.34. The van der Waals surface area contributed by atoms with Crippen LogP contribution in [0.1, 0.15) is 18.5 Å². The van der Waals surface area contributed by atoms with Crippen molar-refractivity contribution in [1.82, 2.24) is 9.97 Å². The Morgan fingerprint density at radius 1 is 1.29 bits per heavy atom. The minimum Gasteiger partial charge on any atom is -0.341 e. The molecule has 0 unspecified atom stereocenters. The summed E-state index contributed by atoms with van der Waals surface area (Å²) in [6, 6.07) is 0. The summed E-state index contributed by atoms with van der Waals surface area (Å²) in [7, 11) is 0. The Kier molecular flexibility index (Phi) is 2.54. The fourth-order valence-corrected chi connectivity index (χ4v) is 1.78. The summed E-state index contributed by atoms with van der Waals surface area (Å²) in [4.78, 5) is 10.0. The lowest BCUT2D eigenvalue weighted by Crippen LogP contribution is -2.21. The molecule has 2 heterocycles. The molecule has 1 aromatic heterocycles. The van der Waals surface area contributed by atoms with Gasteiger partial charge >= 0.3 is 0 Å². The second-order valence-electron chi connectivity index (χ2n) is 3.41. The molecule has 0 amide bonds. The van der Waals surface area contributed by atoms with Crippen LogP contribution >= 0.6 is 11.6 Å².